The van der Waals surface area contributed by atoms with E-state index in [-0.39, 0.29) is 12.2 Å². The smallest absolute Gasteiger partial charge is 0.338 e. The van der Waals surface area contributed by atoms with Crippen LogP contribution in [0.1, 0.15) is 60.0 Å². The van der Waals surface area contributed by atoms with E-state index in [1.54, 1.807) is 63.2 Å². The number of hydrogen-bond donors (Lipinski definition) is 1. The van der Waals surface area contributed by atoms with E-state index in [1.807, 2.05) is 60.7 Å². The van der Waals surface area contributed by atoms with E-state index in [2.05, 4.69) is 5.32 Å². The number of halogens is 1. The Morgan fingerprint density at radius 3 is 2.11 bits per heavy atom. The van der Waals surface area contributed by atoms with Gasteiger partial charge in [0.1, 0.15) is 11.6 Å². The van der Waals surface area contributed by atoms with Crippen molar-refractivity contribution in [2.45, 2.75) is 45.8 Å². The molecular formula is C38H34ClN3O5. The van der Waals surface area contributed by atoms with Crippen molar-refractivity contribution in [3.63, 3.8) is 0 Å². The Morgan fingerprint density at radius 2 is 1.49 bits per heavy atom. The van der Waals surface area contributed by atoms with Gasteiger partial charge in [-0.1, -0.05) is 72.3 Å². The average Bonchev–Trinajstić information content (AvgIpc) is 3.04. The molecule has 0 aliphatic heterocycles. The molecule has 5 rings (SSSR count). The zero-order chi connectivity index (χ0) is 33.7. The average molecular weight is 648 g/mol. The maximum Gasteiger partial charge on any atom is 0.338 e. The van der Waals surface area contributed by atoms with Gasteiger partial charge in [-0.05, 0) is 81.3 Å². The summed E-state index contributed by atoms with van der Waals surface area (Å²) in [6.07, 6.45) is 0.166. The van der Waals surface area contributed by atoms with Crippen LogP contribution in [0.4, 0.5) is 5.69 Å². The minimum atomic E-state index is -1.06. The van der Waals surface area contributed by atoms with Gasteiger partial charge in [0.15, 0.2) is 5.78 Å². The molecule has 0 saturated heterocycles. The number of Topliss-reactive ketones (excluding diaryl/α,β-unsaturated/α-hetero) is 1. The standard InChI is InChI=1S/C38H34ClN3O5/c1-24(43)30-20-17-28(39)22-31(30)32-23-34(44)42(41-35(32)26-13-9-6-10-14-26)33(21-25-11-7-5-8-12-25)36(45)40-29-18-15-27(16-19-29)37(46)47-38(2,3)4/h5-20,22-23,33H,21H2,1-4H3,(H,40,45). The summed E-state index contributed by atoms with van der Waals surface area (Å²) in [5.74, 6) is -1.15. The first-order valence-electron chi connectivity index (χ1n) is 15.1. The van der Waals surface area contributed by atoms with Gasteiger partial charge >= 0.3 is 5.97 Å². The highest BCUT2D eigenvalue weighted by Gasteiger charge is 2.27. The third kappa shape index (κ3) is 8.09. The van der Waals surface area contributed by atoms with E-state index in [4.69, 9.17) is 21.4 Å². The molecule has 1 atom stereocenters. The van der Waals surface area contributed by atoms with Gasteiger partial charge in [-0.2, -0.15) is 5.10 Å². The zero-order valence-electron chi connectivity index (χ0n) is 26.5. The summed E-state index contributed by atoms with van der Waals surface area (Å²) in [7, 11) is 0. The number of nitrogens with one attached hydrogen (secondary N) is 1. The molecule has 238 valence electrons. The van der Waals surface area contributed by atoms with Gasteiger partial charge in [0.25, 0.3) is 5.56 Å². The molecule has 0 aliphatic carbocycles. The number of anilines is 1. The van der Waals surface area contributed by atoms with E-state index in [0.29, 0.717) is 44.2 Å². The van der Waals surface area contributed by atoms with Gasteiger partial charge < -0.3 is 10.1 Å². The zero-order valence-corrected chi connectivity index (χ0v) is 27.2. The van der Waals surface area contributed by atoms with Crippen molar-refractivity contribution >= 4 is 34.9 Å². The molecule has 9 heteroatoms. The molecule has 0 radical (unpaired) electrons. The first-order chi connectivity index (χ1) is 22.4. The third-order valence-corrected chi connectivity index (χ3v) is 7.55. The highest BCUT2D eigenvalue weighted by atomic mass is 35.5. The summed E-state index contributed by atoms with van der Waals surface area (Å²) in [5.41, 5.74) is 2.76. The van der Waals surface area contributed by atoms with Gasteiger partial charge in [0.05, 0.1) is 11.3 Å². The van der Waals surface area contributed by atoms with Gasteiger partial charge in [0, 0.05) is 39.9 Å². The Morgan fingerprint density at radius 1 is 0.851 bits per heavy atom. The number of carbonyl (C=O) groups excluding carboxylic acids is 3. The number of hydrogen-bond acceptors (Lipinski definition) is 6. The Bertz CT molecular complexity index is 1980. The number of rotatable bonds is 9. The summed E-state index contributed by atoms with van der Waals surface area (Å²) in [6, 6.07) is 30.1. The minimum absolute atomic E-state index is 0.166. The number of benzene rings is 4. The van der Waals surface area contributed by atoms with Gasteiger partial charge in [0.2, 0.25) is 5.91 Å². The van der Waals surface area contributed by atoms with Crippen molar-refractivity contribution in [3.8, 4) is 22.4 Å². The van der Waals surface area contributed by atoms with Gasteiger partial charge in [-0.15, -0.1) is 0 Å². The van der Waals surface area contributed by atoms with Crippen LogP contribution in [-0.4, -0.2) is 33.0 Å². The van der Waals surface area contributed by atoms with Crippen molar-refractivity contribution in [1.29, 1.82) is 0 Å². The van der Waals surface area contributed by atoms with Crippen LogP contribution in [0.5, 0.6) is 0 Å². The Balaban J connectivity index is 1.60. The first-order valence-corrected chi connectivity index (χ1v) is 15.5. The molecular weight excluding hydrogens is 614 g/mol. The van der Waals surface area contributed by atoms with E-state index in [1.165, 1.54) is 17.7 Å². The van der Waals surface area contributed by atoms with Crippen molar-refractivity contribution < 1.29 is 19.1 Å². The van der Waals surface area contributed by atoms with Crippen LogP contribution < -0.4 is 10.9 Å². The van der Waals surface area contributed by atoms with Crippen LogP contribution in [-0.2, 0) is 16.0 Å². The van der Waals surface area contributed by atoms with Crippen LogP contribution in [0.25, 0.3) is 22.4 Å². The van der Waals surface area contributed by atoms with Crippen molar-refractivity contribution in [1.82, 2.24) is 9.78 Å². The number of ketones is 1. The number of aromatic nitrogens is 2. The number of amides is 1. The molecule has 5 aromatic rings. The summed E-state index contributed by atoms with van der Waals surface area (Å²) in [5, 5.41) is 8.09. The highest BCUT2D eigenvalue weighted by Crippen LogP contribution is 2.34. The van der Waals surface area contributed by atoms with Crippen molar-refractivity contribution in [2.24, 2.45) is 0 Å². The minimum Gasteiger partial charge on any atom is -0.456 e. The fourth-order valence-electron chi connectivity index (χ4n) is 5.13. The summed E-state index contributed by atoms with van der Waals surface area (Å²) in [6.45, 7) is 6.81. The third-order valence-electron chi connectivity index (χ3n) is 7.31. The van der Waals surface area contributed by atoms with Gasteiger partial charge in [-0.3, -0.25) is 14.4 Å². The summed E-state index contributed by atoms with van der Waals surface area (Å²) < 4.78 is 6.62. The Hall–Kier alpha value is -5.34. The molecule has 0 spiro atoms. The molecule has 1 N–H and O–H groups in total. The normalized spacial score (nSPS) is 11.9. The largest absolute Gasteiger partial charge is 0.456 e. The lowest BCUT2D eigenvalue weighted by molar-refractivity contribution is -0.119. The number of esters is 1. The molecule has 0 bridgehead atoms. The summed E-state index contributed by atoms with van der Waals surface area (Å²) >= 11 is 6.36. The predicted molar refractivity (Wildman–Crippen MR) is 184 cm³/mol. The van der Waals surface area contributed by atoms with Crippen LogP contribution >= 0.6 is 11.6 Å². The molecule has 0 saturated carbocycles. The van der Waals surface area contributed by atoms with E-state index < -0.39 is 29.1 Å². The van der Waals surface area contributed by atoms with Crippen molar-refractivity contribution in [3.05, 3.63) is 141 Å². The quantitative estimate of drug-likeness (QED) is 0.129. The lowest BCUT2D eigenvalue weighted by Gasteiger charge is -2.21. The van der Waals surface area contributed by atoms with E-state index >= 15 is 0 Å². The Kier molecular flexibility index (Phi) is 9.82. The molecule has 1 heterocycles. The highest BCUT2D eigenvalue weighted by molar-refractivity contribution is 6.31. The van der Waals surface area contributed by atoms with Crippen molar-refractivity contribution in [2.75, 3.05) is 5.32 Å². The van der Waals surface area contributed by atoms with E-state index in [9.17, 15) is 19.2 Å². The first kappa shape index (κ1) is 33.0. The topological polar surface area (TPSA) is 107 Å². The maximum absolute atomic E-state index is 14.0. The Labute approximate surface area is 278 Å². The molecule has 0 aliphatic rings. The SMILES string of the molecule is CC(=O)c1ccc(Cl)cc1-c1cc(=O)n(C(Cc2ccccc2)C(=O)Nc2ccc(C(=O)OC(C)(C)C)cc2)nc1-c1ccccc1. The fraction of sp³-hybridized carbons (Fsp3) is 0.184. The lowest BCUT2D eigenvalue weighted by Crippen LogP contribution is -2.36. The second-order valence-corrected chi connectivity index (χ2v) is 12.5. The van der Waals surface area contributed by atoms with Crippen LogP contribution in [0.3, 0.4) is 0 Å². The predicted octanol–water partition coefficient (Wildman–Crippen LogP) is 7.81. The fourth-order valence-corrected chi connectivity index (χ4v) is 5.30. The van der Waals surface area contributed by atoms with Crippen LogP contribution in [0.2, 0.25) is 5.02 Å². The second kappa shape index (κ2) is 14.0. The maximum atomic E-state index is 14.0. The molecule has 1 unspecified atom stereocenters. The van der Waals surface area contributed by atoms with E-state index in [0.717, 1.165) is 5.56 Å². The molecule has 8 nitrogen and oxygen atoms in total. The molecule has 4 aromatic carbocycles. The second-order valence-electron chi connectivity index (χ2n) is 12.1. The lowest BCUT2D eigenvalue weighted by atomic mass is 9.94. The van der Waals surface area contributed by atoms with Crippen LogP contribution in [0, 0.1) is 0 Å². The molecule has 0 fully saturated rings. The number of nitrogens with zero attached hydrogens (tertiary/aromatic N) is 2. The van der Waals surface area contributed by atoms with Crippen LogP contribution in [0.15, 0.2) is 114 Å². The number of ether oxygens (including phenoxy) is 1. The monoisotopic (exact) mass is 647 g/mol. The molecule has 47 heavy (non-hydrogen) atoms. The van der Waals surface area contributed by atoms with Gasteiger partial charge in [-0.25, -0.2) is 9.48 Å². The molecule has 1 amide bonds. The molecule has 1 aromatic heterocycles. The number of carbonyl (C=O) groups is 3. The summed E-state index contributed by atoms with van der Waals surface area (Å²) in [4.78, 5) is 53.1.